The van der Waals surface area contributed by atoms with Crippen LogP contribution in [-0.2, 0) is 13.0 Å². The second-order valence-corrected chi connectivity index (χ2v) is 7.12. The van der Waals surface area contributed by atoms with Crippen molar-refractivity contribution in [3.05, 3.63) is 47.7 Å². The van der Waals surface area contributed by atoms with Crippen LogP contribution in [-0.4, -0.2) is 36.9 Å². The van der Waals surface area contributed by atoms with Crippen molar-refractivity contribution in [3.63, 3.8) is 0 Å². The van der Waals surface area contributed by atoms with E-state index in [1.807, 2.05) is 12.1 Å². The van der Waals surface area contributed by atoms with Crippen molar-refractivity contribution in [2.75, 3.05) is 27.0 Å². The van der Waals surface area contributed by atoms with Gasteiger partial charge in [0, 0.05) is 18.3 Å². The lowest BCUT2D eigenvalue weighted by Gasteiger charge is -2.32. The van der Waals surface area contributed by atoms with Crippen LogP contribution in [0.15, 0.2) is 36.5 Å². The molecule has 2 aliphatic heterocycles. The van der Waals surface area contributed by atoms with Gasteiger partial charge in [0.25, 0.3) is 0 Å². The zero-order valence-electron chi connectivity index (χ0n) is 15.3. The summed E-state index contributed by atoms with van der Waals surface area (Å²) >= 11 is 0. The lowest BCUT2D eigenvalue weighted by Crippen LogP contribution is -2.33. The average molecular weight is 354 g/mol. The van der Waals surface area contributed by atoms with Crippen LogP contribution in [0.4, 0.5) is 0 Å². The number of hydrogen-bond acceptors (Lipinski definition) is 5. The molecule has 0 atom stereocenters. The maximum Gasteiger partial charge on any atom is 0.231 e. The van der Waals surface area contributed by atoms with E-state index in [1.54, 1.807) is 13.3 Å². The summed E-state index contributed by atoms with van der Waals surface area (Å²) in [5.41, 5.74) is 2.52. The number of likely N-dealkylation sites (tertiary alicyclic amines) is 1. The third kappa shape index (κ3) is 3.93. The van der Waals surface area contributed by atoms with Crippen LogP contribution in [0.5, 0.6) is 17.4 Å². The summed E-state index contributed by atoms with van der Waals surface area (Å²) < 4.78 is 16.2. The molecule has 0 spiro atoms. The quantitative estimate of drug-likeness (QED) is 0.792. The Morgan fingerprint density at radius 2 is 2.00 bits per heavy atom. The molecule has 1 aromatic carbocycles. The Hall–Kier alpha value is -2.27. The molecule has 1 aromatic heterocycles. The largest absolute Gasteiger partial charge is 0.481 e. The first kappa shape index (κ1) is 17.2. The molecular formula is C21H26N2O3. The summed E-state index contributed by atoms with van der Waals surface area (Å²) in [6.07, 6.45) is 6.65. The van der Waals surface area contributed by atoms with E-state index in [1.165, 1.54) is 30.4 Å². The minimum atomic E-state index is 0.346. The summed E-state index contributed by atoms with van der Waals surface area (Å²) in [7, 11) is 1.69. The molecule has 0 saturated carbocycles. The molecule has 138 valence electrons. The first-order chi connectivity index (χ1) is 12.8. The van der Waals surface area contributed by atoms with Crippen LogP contribution in [0.1, 0.15) is 30.4 Å². The Labute approximate surface area is 154 Å². The Morgan fingerprint density at radius 1 is 1.15 bits per heavy atom. The van der Waals surface area contributed by atoms with Crippen molar-refractivity contribution in [2.24, 2.45) is 5.92 Å². The molecule has 0 aliphatic carbocycles. The van der Waals surface area contributed by atoms with Gasteiger partial charge in [-0.15, -0.1) is 0 Å². The number of pyridine rings is 1. The fraction of sp³-hybridized carbons (Fsp3) is 0.476. The smallest absolute Gasteiger partial charge is 0.231 e. The van der Waals surface area contributed by atoms with Gasteiger partial charge in [0.05, 0.1) is 7.11 Å². The summed E-state index contributed by atoms with van der Waals surface area (Å²) in [5.74, 6) is 3.31. The van der Waals surface area contributed by atoms with Gasteiger partial charge >= 0.3 is 0 Å². The average Bonchev–Trinajstić information content (AvgIpc) is 3.16. The van der Waals surface area contributed by atoms with E-state index in [2.05, 4.69) is 28.1 Å². The van der Waals surface area contributed by atoms with Gasteiger partial charge in [-0.05, 0) is 68.5 Å². The van der Waals surface area contributed by atoms with Gasteiger partial charge in [-0.2, -0.15) is 0 Å². The molecule has 26 heavy (non-hydrogen) atoms. The maximum atomic E-state index is 5.48. The first-order valence-corrected chi connectivity index (χ1v) is 9.40. The molecule has 0 unspecified atom stereocenters. The van der Waals surface area contributed by atoms with Crippen LogP contribution < -0.4 is 14.2 Å². The number of hydrogen-bond donors (Lipinski definition) is 0. The minimum Gasteiger partial charge on any atom is -0.481 e. The predicted octanol–water partition coefficient (Wildman–Crippen LogP) is 3.66. The number of rotatable bonds is 6. The normalized spacial score (nSPS) is 17.4. The highest BCUT2D eigenvalue weighted by atomic mass is 16.7. The number of aryl methyl sites for hydroxylation is 1. The number of aromatic nitrogens is 1. The molecule has 4 rings (SSSR count). The van der Waals surface area contributed by atoms with Crippen LogP contribution >= 0.6 is 0 Å². The minimum absolute atomic E-state index is 0.346. The second kappa shape index (κ2) is 7.96. The molecule has 0 N–H and O–H groups in total. The van der Waals surface area contributed by atoms with E-state index in [0.717, 1.165) is 49.4 Å². The van der Waals surface area contributed by atoms with Crippen molar-refractivity contribution < 1.29 is 14.2 Å². The van der Waals surface area contributed by atoms with Crippen molar-refractivity contribution >= 4 is 0 Å². The topological polar surface area (TPSA) is 43.8 Å². The molecule has 1 fully saturated rings. The van der Waals surface area contributed by atoms with Gasteiger partial charge in [-0.1, -0.05) is 12.1 Å². The number of methoxy groups -OCH3 is 1. The molecular weight excluding hydrogens is 328 g/mol. The maximum absolute atomic E-state index is 5.48. The molecule has 0 bridgehead atoms. The van der Waals surface area contributed by atoms with Crippen molar-refractivity contribution in [2.45, 2.75) is 32.2 Å². The van der Waals surface area contributed by atoms with Crippen molar-refractivity contribution in [3.8, 4) is 17.4 Å². The van der Waals surface area contributed by atoms with Crippen LogP contribution in [0.3, 0.4) is 0 Å². The Balaban J connectivity index is 1.25. The van der Waals surface area contributed by atoms with E-state index in [4.69, 9.17) is 14.2 Å². The number of benzene rings is 1. The monoisotopic (exact) mass is 354 g/mol. The zero-order chi connectivity index (χ0) is 17.8. The molecule has 0 amide bonds. The molecule has 5 nitrogen and oxygen atoms in total. The van der Waals surface area contributed by atoms with E-state index in [9.17, 15) is 0 Å². The van der Waals surface area contributed by atoms with Gasteiger partial charge in [0.1, 0.15) is 0 Å². The Morgan fingerprint density at radius 3 is 2.85 bits per heavy atom. The third-order valence-electron chi connectivity index (χ3n) is 5.42. The number of ether oxygens (including phenoxy) is 3. The first-order valence-electron chi connectivity index (χ1n) is 9.40. The summed E-state index contributed by atoms with van der Waals surface area (Å²) in [6.45, 7) is 3.55. The second-order valence-electron chi connectivity index (χ2n) is 7.12. The number of nitrogens with zero attached hydrogens (tertiary/aromatic N) is 2. The molecule has 2 aliphatic rings. The predicted molar refractivity (Wildman–Crippen MR) is 99.7 cm³/mol. The van der Waals surface area contributed by atoms with Gasteiger partial charge < -0.3 is 14.2 Å². The fourth-order valence-corrected chi connectivity index (χ4v) is 3.87. The summed E-state index contributed by atoms with van der Waals surface area (Å²) in [5, 5.41) is 0. The highest BCUT2D eigenvalue weighted by Crippen LogP contribution is 2.33. The van der Waals surface area contributed by atoms with E-state index >= 15 is 0 Å². The lowest BCUT2D eigenvalue weighted by molar-refractivity contribution is 0.170. The molecule has 3 heterocycles. The molecule has 0 radical (unpaired) electrons. The van der Waals surface area contributed by atoms with E-state index < -0.39 is 0 Å². The van der Waals surface area contributed by atoms with Gasteiger partial charge in [0.15, 0.2) is 11.5 Å². The fourth-order valence-electron chi connectivity index (χ4n) is 3.87. The molecule has 1 saturated heterocycles. The number of fused-ring (bicyclic) bond motifs is 1. The molecule has 5 heteroatoms. The van der Waals surface area contributed by atoms with Crippen molar-refractivity contribution in [1.82, 2.24) is 9.88 Å². The number of piperidine rings is 1. The van der Waals surface area contributed by atoms with E-state index in [0.29, 0.717) is 6.79 Å². The standard InChI is InChI=1S/C21H26N2O3/c1-24-21-18(3-2-10-22-21)14-23-11-8-16(9-12-23)4-5-17-6-7-19-20(13-17)26-15-25-19/h2-3,6-7,10,13,16H,4-5,8-9,11-12,14-15H2,1H3. The summed E-state index contributed by atoms with van der Waals surface area (Å²) in [6, 6.07) is 10.4. The lowest BCUT2D eigenvalue weighted by atomic mass is 9.90. The highest BCUT2D eigenvalue weighted by Gasteiger charge is 2.21. The van der Waals surface area contributed by atoms with Crippen molar-refractivity contribution in [1.29, 1.82) is 0 Å². The van der Waals surface area contributed by atoms with Gasteiger partial charge in [0.2, 0.25) is 12.7 Å². The third-order valence-corrected chi connectivity index (χ3v) is 5.42. The van der Waals surface area contributed by atoms with Crippen LogP contribution in [0.2, 0.25) is 0 Å². The van der Waals surface area contributed by atoms with Crippen LogP contribution in [0.25, 0.3) is 0 Å². The van der Waals surface area contributed by atoms with E-state index in [-0.39, 0.29) is 0 Å². The summed E-state index contributed by atoms with van der Waals surface area (Å²) in [4.78, 5) is 6.81. The highest BCUT2D eigenvalue weighted by molar-refractivity contribution is 5.44. The Bertz CT molecular complexity index is 742. The van der Waals surface area contributed by atoms with Crippen LogP contribution in [0, 0.1) is 5.92 Å². The molecule has 2 aromatic rings. The van der Waals surface area contributed by atoms with Gasteiger partial charge in [-0.3, -0.25) is 4.90 Å². The Kier molecular flexibility index (Phi) is 5.25. The van der Waals surface area contributed by atoms with Gasteiger partial charge in [-0.25, -0.2) is 4.98 Å². The zero-order valence-corrected chi connectivity index (χ0v) is 15.3. The SMILES string of the molecule is COc1ncccc1CN1CCC(CCc2ccc3c(c2)OCO3)CC1.